The lowest BCUT2D eigenvalue weighted by Crippen LogP contribution is -2.56. The lowest BCUT2D eigenvalue weighted by atomic mass is 9.77. The number of benzene rings is 1. The van der Waals surface area contributed by atoms with E-state index in [0.29, 0.717) is 28.6 Å². The van der Waals surface area contributed by atoms with Crippen molar-refractivity contribution in [2.24, 2.45) is 5.73 Å². The minimum absolute atomic E-state index is 0.227. The minimum Gasteiger partial charge on any atom is -0.322 e. The third-order valence-corrected chi connectivity index (χ3v) is 4.00. The standard InChI is InChI=1S/C11H11BrCl2N2O/c12-6-4-7(13)9(8(14)5-6)16-10(17)11(15)2-1-3-11/h4-5H,1-3,15H2,(H,16,17). The Morgan fingerprint density at radius 3 is 2.29 bits per heavy atom. The molecule has 3 N–H and O–H groups in total. The number of carbonyl (C=O) groups excluding carboxylic acids is 1. The van der Waals surface area contributed by atoms with Crippen LogP contribution < -0.4 is 11.1 Å². The summed E-state index contributed by atoms with van der Waals surface area (Å²) in [6, 6.07) is 3.35. The van der Waals surface area contributed by atoms with Gasteiger partial charge in [-0.1, -0.05) is 39.1 Å². The molecular formula is C11H11BrCl2N2O. The molecule has 0 radical (unpaired) electrons. The van der Waals surface area contributed by atoms with Crippen LogP contribution in [-0.2, 0) is 4.79 Å². The summed E-state index contributed by atoms with van der Waals surface area (Å²) < 4.78 is 0.761. The van der Waals surface area contributed by atoms with Gasteiger partial charge in [-0.3, -0.25) is 4.79 Å². The second-order valence-electron chi connectivity index (χ2n) is 4.21. The summed E-state index contributed by atoms with van der Waals surface area (Å²) in [5.41, 5.74) is 5.57. The lowest BCUT2D eigenvalue weighted by molar-refractivity contribution is -0.123. The predicted octanol–water partition coefficient (Wildman–Crippen LogP) is 3.58. The summed E-state index contributed by atoms with van der Waals surface area (Å²) >= 11 is 15.3. The number of rotatable bonds is 2. The SMILES string of the molecule is NC1(C(=O)Nc2c(Cl)cc(Br)cc2Cl)CCC1. The van der Waals surface area contributed by atoms with E-state index in [-0.39, 0.29) is 5.91 Å². The normalized spacial score (nSPS) is 17.4. The molecule has 0 aromatic heterocycles. The molecule has 2 rings (SSSR count). The topological polar surface area (TPSA) is 55.1 Å². The van der Waals surface area contributed by atoms with Crippen LogP contribution in [0.3, 0.4) is 0 Å². The van der Waals surface area contributed by atoms with Gasteiger partial charge >= 0.3 is 0 Å². The Kier molecular flexibility index (Phi) is 3.69. The van der Waals surface area contributed by atoms with Crippen LogP contribution in [0, 0.1) is 0 Å². The molecule has 0 atom stereocenters. The van der Waals surface area contributed by atoms with E-state index < -0.39 is 5.54 Å². The van der Waals surface area contributed by atoms with E-state index in [1.807, 2.05) is 0 Å². The zero-order chi connectivity index (χ0) is 12.6. The van der Waals surface area contributed by atoms with Crippen LogP contribution in [-0.4, -0.2) is 11.4 Å². The largest absolute Gasteiger partial charge is 0.322 e. The van der Waals surface area contributed by atoms with Gasteiger partial charge in [0.05, 0.1) is 21.3 Å². The molecule has 6 heteroatoms. The second-order valence-corrected chi connectivity index (χ2v) is 5.94. The Labute approximate surface area is 118 Å². The van der Waals surface area contributed by atoms with Crippen molar-refractivity contribution in [3.63, 3.8) is 0 Å². The van der Waals surface area contributed by atoms with Crippen molar-refractivity contribution in [2.45, 2.75) is 24.8 Å². The first-order chi connectivity index (χ1) is 7.92. The second kappa shape index (κ2) is 4.76. The molecule has 1 aliphatic carbocycles. The van der Waals surface area contributed by atoms with Gasteiger partial charge in [-0.25, -0.2) is 0 Å². The fourth-order valence-electron chi connectivity index (χ4n) is 1.68. The Hall–Kier alpha value is -0.290. The molecule has 0 aliphatic heterocycles. The number of hydrogen-bond donors (Lipinski definition) is 2. The fraction of sp³-hybridized carbons (Fsp3) is 0.364. The van der Waals surface area contributed by atoms with Crippen LogP contribution in [0.15, 0.2) is 16.6 Å². The highest BCUT2D eigenvalue weighted by molar-refractivity contribution is 9.10. The molecule has 92 valence electrons. The third kappa shape index (κ3) is 2.60. The summed E-state index contributed by atoms with van der Waals surface area (Å²) in [5.74, 6) is -0.227. The van der Waals surface area contributed by atoms with Gasteiger partial charge in [0, 0.05) is 4.47 Å². The van der Waals surface area contributed by atoms with Crippen molar-refractivity contribution in [1.29, 1.82) is 0 Å². The number of hydrogen-bond acceptors (Lipinski definition) is 2. The van der Waals surface area contributed by atoms with E-state index in [0.717, 1.165) is 10.9 Å². The van der Waals surface area contributed by atoms with E-state index in [9.17, 15) is 4.79 Å². The smallest absolute Gasteiger partial charge is 0.244 e. The number of carbonyl (C=O) groups is 1. The van der Waals surface area contributed by atoms with Crippen molar-refractivity contribution < 1.29 is 4.79 Å². The van der Waals surface area contributed by atoms with Crippen LogP contribution in [0.25, 0.3) is 0 Å². The first-order valence-electron chi connectivity index (χ1n) is 5.17. The molecule has 0 bridgehead atoms. The van der Waals surface area contributed by atoms with Gasteiger partial charge in [-0.2, -0.15) is 0 Å². The molecule has 1 aromatic carbocycles. The van der Waals surface area contributed by atoms with E-state index >= 15 is 0 Å². The third-order valence-electron chi connectivity index (χ3n) is 2.94. The summed E-state index contributed by atoms with van der Waals surface area (Å²) in [4.78, 5) is 11.9. The molecule has 0 heterocycles. The molecule has 3 nitrogen and oxygen atoms in total. The van der Waals surface area contributed by atoms with E-state index in [2.05, 4.69) is 21.2 Å². The molecule has 1 amide bonds. The maximum Gasteiger partial charge on any atom is 0.244 e. The first-order valence-corrected chi connectivity index (χ1v) is 6.72. The Morgan fingerprint density at radius 2 is 1.88 bits per heavy atom. The van der Waals surface area contributed by atoms with E-state index in [1.54, 1.807) is 12.1 Å². The Morgan fingerprint density at radius 1 is 1.35 bits per heavy atom. The van der Waals surface area contributed by atoms with Gasteiger partial charge in [-0.15, -0.1) is 0 Å². The maximum atomic E-state index is 11.9. The van der Waals surface area contributed by atoms with E-state index in [1.165, 1.54) is 0 Å². The van der Waals surface area contributed by atoms with Crippen molar-refractivity contribution in [1.82, 2.24) is 0 Å². The molecule has 0 unspecified atom stereocenters. The molecule has 1 fully saturated rings. The predicted molar refractivity (Wildman–Crippen MR) is 73.6 cm³/mol. The van der Waals surface area contributed by atoms with Crippen LogP contribution in [0.5, 0.6) is 0 Å². The Balaban J connectivity index is 2.21. The van der Waals surface area contributed by atoms with E-state index in [4.69, 9.17) is 28.9 Å². The van der Waals surface area contributed by atoms with Crippen LogP contribution in [0.4, 0.5) is 5.69 Å². The summed E-state index contributed by atoms with van der Waals surface area (Å²) in [6.07, 6.45) is 2.38. The number of anilines is 1. The first kappa shape index (κ1) is 13.1. The average Bonchev–Trinajstić information content (AvgIpc) is 2.19. The van der Waals surface area contributed by atoms with Crippen LogP contribution in [0.1, 0.15) is 19.3 Å². The van der Waals surface area contributed by atoms with Crippen LogP contribution >= 0.6 is 39.1 Å². The Bertz CT molecular complexity index is 452. The lowest BCUT2D eigenvalue weighted by Gasteiger charge is -2.36. The van der Waals surface area contributed by atoms with Gasteiger partial charge in [0.1, 0.15) is 0 Å². The summed E-state index contributed by atoms with van der Waals surface area (Å²) in [7, 11) is 0. The number of nitrogens with two attached hydrogens (primary N) is 1. The van der Waals surface area contributed by atoms with Crippen molar-refractivity contribution in [2.75, 3.05) is 5.32 Å². The molecule has 0 spiro atoms. The van der Waals surface area contributed by atoms with Crippen molar-refractivity contribution in [3.8, 4) is 0 Å². The molecule has 1 saturated carbocycles. The van der Waals surface area contributed by atoms with Gasteiger partial charge < -0.3 is 11.1 Å². The maximum absolute atomic E-state index is 11.9. The van der Waals surface area contributed by atoms with Gasteiger partial charge in [0.15, 0.2) is 0 Å². The quantitative estimate of drug-likeness (QED) is 0.866. The zero-order valence-electron chi connectivity index (χ0n) is 8.90. The zero-order valence-corrected chi connectivity index (χ0v) is 12.0. The fourth-order valence-corrected chi connectivity index (χ4v) is 2.99. The van der Waals surface area contributed by atoms with Gasteiger partial charge in [0.25, 0.3) is 0 Å². The number of halogens is 3. The van der Waals surface area contributed by atoms with Crippen molar-refractivity contribution >= 4 is 50.7 Å². The summed E-state index contributed by atoms with van der Waals surface area (Å²) in [6.45, 7) is 0. The molecule has 1 aliphatic rings. The van der Waals surface area contributed by atoms with Gasteiger partial charge in [0.2, 0.25) is 5.91 Å². The highest BCUT2D eigenvalue weighted by Gasteiger charge is 2.40. The minimum atomic E-state index is -0.764. The molecule has 0 saturated heterocycles. The molecule has 1 aromatic rings. The molecular weight excluding hydrogens is 327 g/mol. The number of amides is 1. The van der Waals surface area contributed by atoms with Crippen LogP contribution in [0.2, 0.25) is 10.0 Å². The monoisotopic (exact) mass is 336 g/mol. The highest BCUT2D eigenvalue weighted by atomic mass is 79.9. The van der Waals surface area contributed by atoms with Gasteiger partial charge in [-0.05, 0) is 31.4 Å². The average molecular weight is 338 g/mol. The molecule has 17 heavy (non-hydrogen) atoms. The number of nitrogens with one attached hydrogen (secondary N) is 1. The highest BCUT2D eigenvalue weighted by Crippen LogP contribution is 2.36. The summed E-state index contributed by atoms with van der Waals surface area (Å²) in [5, 5.41) is 3.48. The van der Waals surface area contributed by atoms with Crippen molar-refractivity contribution in [3.05, 3.63) is 26.7 Å².